The lowest BCUT2D eigenvalue weighted by atomic mass is 9.91. The quantitative estimate of drug-likeness (QED) is 0.0515. The summed E-state index contributed by atoms with van der Waals surface area (Å²) in [6, 6.07) is -40.6. The molecule has 0 aromatic rings. The van der Waals surface area contributed by atoms with E-state index in [1.807, 2.05) is 0 Å². The normalized spacial score (nSPS) is 17.3. The standard InChI is InChI=1S/C24HF52N2O8PS2/c25-1(26,5(33,34)9(41,42)13(49,50)51)3(29,30)7(37,38)11(45,46)23(73,74)88(81,82)77(17(61,62)15(55,56)57)19(65,66)21(69,70)85-87(79,80)86-22(71,72)20(67,68)78(18(63,64)16(58,59)60)89(83,84)24(75,76)12(47,48)8(39,40)4(31,32)2(27,28)6(35,36)10(43,44)14(52,53)54/h(H,79,80). The molecule has 0 aromatic carbocycles. The van der Waals surface area contributed by atoms with Crippen LogP contribution in [0.3, 0.4) is 0 Å². The van der Waals surface area contributed by atoms with Crippen LogP contribution in [0.25, 0.3) is 0 Å². The summed E-state index contributed by atoms with van der Waals surface area (Å²) in [5.41, 5.74) is 0. The van der Waals surface area contributed by atoms with E-state index in [2.05, 4.69) is 0 Å². The van der Waals surface area contributed by atoms with Crippen molar-refractivity contribution >= 4 is 27.9 Å². The number of phosphoric acid groups is 1. The third kappa shape index (κ3) is 11.3. The van der Waals surface area contributed by atoms with E-state index in [0.29, 0.717) is 0 Å². The van der Waals surface area contributed by atoms with Gasteiger partial charge in [-0.25, -0.2) is 30.4 Å². The second-order valence-electron chi connectivity index (χ2n) is 15.3. The number of phosphoric ester groups is 1. The molecule has 0 aromatic heterocycles. The van der Waals surface area contributed by atoms with Gasteiger partial charge in [-0.15, -0.1) is 0 Å². The zero-order chi connectivity index (χ0) is 74.1. The van der Waals surface area contributed by atoms with Gasteiger partial charge in [-0.3, -0.25) is 0 Å². The van der Waals surface area contributed by atoms with Crippen LogP contribution in [0.2, 0.25) is 0 Å². The molecule has 10 nitrogen and oxygen atoms in total. The molecule has 0 aliphatic carbocycles. The highest BCUT2D eigenvalue weighted by atomic mass is 32.2. The Hall–Kier alpha value is -3.71. The number of alkyl halides is 52. The maximum atomic E-state index is 14.9. The van der Waals surface area contributed by atoms with Crippen molar-refractivity contribution in [2.45, 2.75) is 143 Å². The molecule has 0 bridgehead atoms. The van der Waals surface area contributed by atoms with E-state index in [9.17, 15) is 250 Å². The van der Waals surface area contributed by atoms with E-state index in [1.165, 1.54) is 0 Å². The summed E-state index contributed by atoms with van der Waals surface area (Å²) in [7, 11) is -33.9. The van der Waals surface area contributed by atoms with Crippen LogP contribution in [0.15, 0.2) is 0 Å². The van der Waals surface area contributed by atoms with Gasteiger partial charge in [0.1, 0.15) is 0 Å². The zero-order valence-corrected chi connectivity index (χ0v) is 39.6. The van der Waals surface area contributed by atoms with Gasteiger partial charge in [0, 0.05) is 0 Å². The Labute approximate surface area is 443 Å². The molecule has 89 heavy (non-hydrogen) atoms. The van der Waals surface area contributed by atoms with Crippen LogP contribution in [0.4, 0.5) is 228 Å². The van der Waals surface area contributed by atoms with Gasteiger partial charge in [0.15, 0.2) is 0 Å². The average Bonchev–Trinajstić information content (AvgIpc) is 3.22. The number of hydrogen-bond acceptors (Lipinski definition) is 7. The molecule has 0 amide bonds. The maximum absolute atomic E-state index is 14.9. The monoisotopic (exact) mass is 1530 g/mol. The summed E-state index contributed by atoms with van der Waals surface area (Å²) in [5, 5.41) is -21.1. The molecule has 0 saturated carbocycles. The van der Waals surface area contributed by atoms with Crippen LogP contribution in [0.5, 0.6) is 0 Å². The Morgan fingerprint density at radius 3 is 0.528 bits per heavy atom. The molecule has 0 fully saturated rings. The summed E-state index contributed by atoms with van der Waals surface area (Å²) in [6.07, 6.45) is -55.9. The Balaban J connectivity index is 8.74. The number of hydrogen-bond donors (Lipinski definition) is 1. The Morgan fingerprint density at radius 2 is 0.382 bits per heavy atom. The van der Waals surface area contributed by atoms with Gasteiger partial charge in [0.2, 0.25) is 0 Å². The predicted octanol–water partition coefficient (Wildman–Crippen LogP) is 15.0. The largest absolute Gasteiger partial charge is 0.482 e. The van der Waals surface area contributed by atoms with E-state index in [0.717, 1.165) is 9.05 Å². The number of rotatable bonds is 26. The fourth-order valence-corrected chi connectivity index (χ4v) is 8.52. The van der Waals surface area contributed by atoms with Crippen molar-refractivity contribution in [1.29, 1.82) is 0 Å². The highest BCUT2D eigenvalue weighted by molar-refractivity contribution is 7.90. The molecule has 0 aliphatic heterocycles. The maximum Gasteiger partial charge on any atom is 0.482 e. The topological polar surface area (TPSA) is 131 Å². The van der Waals surface area contributed by atoms with Crippen LogP contribution >= 0.6 is 7.82 Å². The van der Waals surface area contributed by atoms with Crippen molar-refractivity contribution in [3.63, 3.8) is 0 Å². The second kappa shape index (κ2) is 21.1. The first-order valence-corrected chi connectivity index (χ1v) is 22.2. The molecule has 0 atom stereocenters. The van der Waals surface area contributed by atoms with Gasteiger partial charge >= 0.3 is 151 Å². The van der Waals surface area contributed by atoms with Crippen LogP contribution in [0.1, 0.15) is 0 Å². The predicted molar refractivity (Wildman–Crippen MR) is 157 cm³/mol. The molecule has 65 heteroatoms. The average molecular weight is 1530 g/mol. The van der Waals surface area contributed by atoms with Crippen LogP contribution in [0, 0.1) is 0 Å². The third-order valence-corrected chi connectivity index (χ3v) is 14.0. The fraction of sp³-hybridized carbons (Fsp3) is 1.00. The minimum Gasteiger partial charge on any atom is -0.302 e. The first-order chi connectivity index (χ1) is 37.1. The molecule has 0 saturated heterocycles. The van der Waals surface area contributed by atoms with E-state index >= 15 is 0 Å². The smallest absolute Gasteiger partial charge is 0.302 e. The minimum atomic E-state index is -11.7. The van der Waals surface area contributed by atoms with Gasteiger partial charge in [0.05, 0.1) is 0 Å². The molecule has 0 heterocycles. The molecule has 0 aliphatic rings. The van der Waals surface area contributed by atoms with Crippen molar-refractivity contribution in [2.24, 2.45) is 0 Å². The Bertz CT molecular complexity index is 2690. The Morgan fingerprint density at radius 1 is 0.236 bits per heavy atom. The molecular formula is C24HF52N2O8PS2. The van der Waals surface area contributed by atoms with Gasteiger partial charge in [-0.05, 0) is 0 Å². The van der Waals surface area contributed by atoms with Crippen molar-refractivity contribution in [1.82, 2.24) is 8.61 Å². The lowest BCUT2D eigenvalue weighted by Crippen LogP contribution is -2.77. The Kier molecular flexibility index (Phi) is 20.3. The summed E-state index contributed by atoms with van der Waals surface area (Å²) in [6.45, 7) is 0. The lowest BCUT2D eigenvalue weighted by molar-refractivity contribution is -0.459. The van der Waals surface area contributed by atoms with E-state index in [1.54, 1.807) is 0 Å². The molecular weight excluding hydrogens is 1530 g/mol. The highest BCUT2D eigenvalue weighted by Gasteiger charge is 3.00. The number of sulfonamides is 2. The third-order valence-electron chi connectivity index (χ3n) is 9.38. The molecule has 1 N–H and O–H groups in total. The van der Waals surface area contributed by atoms with Crippen LogP contribution < -0.4 is 0 Å². The van der Waals surface area contributed by atoms with Crippen molar-refractivity contribution in [3.05, 3.63) is 0 Å². The fourth-order valence-electron chi connectivity index (χ4n) is 4.69. The van der Waals surface area contributed by atoms with Crippen LogP contribution in [-0.2, 0) is 33.7 Å². The summed E-state index contributed by atoms with van der Waals surface area (Å²) in [4.78, 5) is 8.79. The summed E-state index contributed by atoms with van der Waals surface area (Å²) < 4.78 is 764. The number of halogens is 52. The minimum absolute atomic E-state index is 0.848. The van der Waals surface area contributed by atoms with E-state index < -0.39 is 179 Å². The lowest BCUT2D eigenvalue weighted by Gasteiger charge is -2.45. The molecule has 0 radical (unpaired) electrons. The van der Waals surface area contributed by atoms with Gasteiger partial charge in [-0.1, -0.05) is 8.61 Å². The summed E-state index contributed by atoms with van der Waals surface area (Å²) in [5.74, 6) is -121. The van der Waals surface area contributed by atoms with E-state index in [-0.39, 0.29) is 0 Å². The second-order valence-corrected chi connectivity index (χ2v) is 20.3. The molecule has 0 unspecified atom stereocenters. The van der Waals surface area contributed by atoms with Crippen molar-refractivity contribution < 1.29 is 264 Å². The van der Waals surface area contributed by atoms with Crippen molar-refractivity contribution in [2.75, 3.05) is 0 Å². The van der Waals surface area contributed by atoms with Crippen molar-refractivity contribution in [3.8, 4) is 0 Å². The first-order valence-electron chi connectivity index (χ1n) is 17.8. The van der Waals surface area contributed by atoms with Crippen LogP contribution in [-0.4, -0.2) is 173 Å². The zero-order valence-electron chi connectivity index (χ0n) is 37.1. The van der Waals surface area contributed by atoms with Gasteiger partial charge < -0.3 is 4.89 Å². The molecule has 0 spiro atoms. The summed E-state index contributed by atoms with van der Waals surface area (Å²) >= 11 is 0. The molecule has 536 valence electrons. The van der Waals surface area contributed by atoms with Gasteiger partial charge in [0.25, 0.3) is 20.0 Å². The van der Waals surface area contributed by atoms with E-state index in [4.69, 9.17) is 4.89 Å². The highest BCUT2D eigenvalue weighted by Crippen LogP contribution is 2.70. The van der Waals surface area contributed by atoms with Gasteiger partial charge in [-0.2, -0.15) is 228 Å². The SMILES string of the molecule is O=P(O)(OC(F)(F)C(F)(F)N(C(F)(F)C(F)(F)F)S(=O)(=O)C(F)(F)C(F)(F)C(F)(F)C(F)(F)C(F)(F)C(F)(F)C(F)(F)C(F)(F)F)OC(F)(F)C(F)(F)N(C(F)(F)C(F)(F)F)S(=O)(=O)C(F)(F)C(F)(F)C(F)(F)C(F)(F)C(F)(F)C(F)(F)C(F)(F)C(F)(F)F. The number of nitrogens with zero attached hydrogens (tertiary/aromatic N) is 2. The first kappa shape index (κ1) is 85.3. The molecule has 0 rings (SSSR count).